The van der Waals surface area contributed by atoms with E-state index in [0.717, 1.165) is 44.1 Å². The van der Waals surface area contributed by atoms with Crippen LogP contribution < -0.4 is 10.2 Å². The third-order valence-electron chi connectivity index (χ3n) is 5.38. The predicted octanol–water partition coefficient (Wildman–Crippen LogP) is 1.57. The van der Waals surface area contributed by atoms with E-state index in [0.29, 0.717) is 5.56 Å². The van der Waals surface area contributed by atoms with Crippen molar-refractivity contribution in [2.75, 3.05) is 32.8 Å². The number of quaternary nitrogens is 1. The van der Waals surface area contributed by atoms with Crippen LogP contribution in [-0.2, 0) is 4.74 Å². The molecule has 0 saturated carbocycles. The Bertz CT molecular complexity index is 915. The van der Waals surface area contributed by atoms with E-state index in [1.165, 1.54) is 10.5 Å². The van der Waals surface area contributed by atoms with Gasteiger partial charge in [-0.05, 0) is 42.8 Å². The molecule has 1 saturated heterocycles. The largest absolute Gasteiger partial charge is 0.370 e. The number of nitrogens with zero attached hydrogens (tertiary/aromatic N) is 2. The maximum atomic E-state index is 13.0. The first-order valence-electron chi connectivity index (χ1n) is 10.1. The summed E-state index contributed by atoms with van der Waals surface area (Å²) in [5, 5.41) is 7.47. The number of carbonyl (C=O) groups excluding carboxylic acids is 1. The van der Waals surface area contributed by atoms with Crippen molar-refractivity contribution in [3.63, 3.8) is 0 Å². The number of nitrogens with one attached hydrogen (secondary N) is 2. The number of hydrogen-bond donors (Lipinski definition) is 2. The minimum Gasteiger partial charge on any atom is -0.370 e. The van der Waals surface area contributed by atoms with E-state index < -0.39 is 0 Å². The summed E-state index contributed by atoms with van der Waals surface area (Å²) < 4.78 is 7.26. The molecule has 0 spiro atoms. The molecule has 0 bridgehead atoms. The van der Waals surface area contributed by atoms with E-state index in [-0.39, 0.29) is 11.9 Å². The fourth-order valence-electron chi connectivity index (χ4n) is 3.63. The van der Waals surface area contributed by atoms with E-state index in [1.54, 1.807) is 10.9 Å². The van der Waals surface area contributed by atoms with Crippen LogP contribution in [0.25, 0.3) is 5.69 Å². The zero-order chi connectivity index (χ0) is 20.1. The average Bonchev–Trinajstić information content (AvgIpc) is 3.30. The lowest BCUT2D eigenvalue weighted by Gasteiger charge is -2.28. The second-order valence-corrected chi connectivity index (χ2v) is 7.50. The molecule has 0 unspecified atom stereocenters. The Morgan fingerprint density at radius 3 is 2.52 bits per heavy atom. The number of hydrogen-bond acceptors (Lipinski definition) is 3. The van der Waals surface area contributed by atoms with Gasteiger partial charge in [0.15, 0.2) is 0 Å². The molecule has 1 aromatic heterocycles. The summed E-state index contributed by atoms with van der Waals surface area (Å²) in [6.45, 7) is 6.42. The van der Waals surface area contributed by atoms with Crippen LogP contribution in [0.3, 0.4) is 0 Å². The SMILES string of the molecule is Cc1ccc([C@@H](C[NH+]2CCOCC2)NC(=O)c2ccc(-n3cccn3)cc2)cc1. The van der Waals surface area contributed by atoms with Gasteiger partial charge in [-0.1, -0.05) is 29.8 Å². The molecule has 2 N–H and O–H groups in total. The average molecular weight is 391 g/mol. The first kappa shape index (κ1) is 19.4. The molecule has 1 amide bonds. The van der Waals surface area contributed by atoms with Crippen molar-refractivity contribution in [2.24, 2.45) is 0 Å². The molecule has 150 valence electrons. The summed E-state index contributed by atoms with van der Waals surface area (Å²) in [5.74, 6) is -0.0600. The topological polar surface area (TPSA) is 60.6 Å². The van der Waals surface area contributed by atoms with Crippen LogP contribution in [0.5, 0.6) is 0 Å². The predicted molar refractivity (Wildman–Crippen MR) is 111 cm³/mol. The van der Waals surface area contributed by atoms with Crippen molar-refractivity contribution >= 4 is 5.91 Å². The van der Waals surface area contributed by atoms with Crippen LogP contribution in [0, 0.1) is 6.92 Å². The Morgan fingerprint density at radius 1 is 1.14 bits per heavy atom. The first-order valence-corrected chi connectivity index (χ1v) is 10.1. The molecule has 1 atom stereocenters. The van der Waals surface area contributed by atoms with Crippen molar-refractivity contribution in [2.45, 2.75) is 13.0 Å². The Balaban J connectivity index is 1.49. The number of ether oxygens (including phenoxy) is 1. The third kappa shape index (κ3) is 4.91. The Kier molecular flexibility index (Phi) is 6.03. The van der Waals surface area contributed by atoms with Crippen LogP contribution in [0.2, 0.25) is 0 Å². The Morgan fingerprint density at radius 2 is 1.86 bits per heavy atom. The summed E-state index contributed by atoms with van der Waals surface area (Å²) in [6.07, 6.45) is 3.62. The Hall–Kier alpha value is -2.96. The highest BCUT2D eigenvalue weighted by atomic mass is 16.5. The molecule has 0 radical (unpaired) electrons. The van der Waals surface area contributed by atoms with E-state index in [2.05, 4.69) is 41.6 Å². The fraction of sp³-hybridized carbons (Fsp3) is 0.304. The number of benzene rings is 2. The van der Waals surface area contributed by atoms with Gasteiger partial charge < -0.3 is 15.0 Å². The number of aryl methyl sites for hydroxylation is 1. The van der Waals surface area contributed by atoms with Gasteiger partial charge in [-0.15, -0.1) is 0 Å². The number of aromatic nitrogens is 2. The van der Waals surface area contributed by atoms with Gasteiger partial charge in [0.2, 0.25) is 0 Å². The van der Waals surface area contributed by atoms with Gasteiger partial charge in [-0.3, -0.25) is 4.79 Å². The molecule has 6 heteroatoms. The molecule has 4 rings (SSSR count). The maximum absolute atomic E-state index is 13.0. The Labute approximate surface area is 171 Å². The summed E-state index contributed by atoms with van der Waals surface area (Å²) in [5.41, 5.74) is 3.93. The molecule has 29 heavy (non-hydrogen) atoms. The van der Waals surface area contributed by atoms with Crippen molar-refractivity contribution in [1.82, 2.24) is 15.1 Å². The zero-order valence-corrected chi connectivity index (χ0v) is 16.7. The highest BCUT2D eigenvalue weighted by Crippen LogP contribution is 2.15. The van der Waals surface area contributed by atoms with Crippen LogP contribution in [0.4, 0.5) is 0 Å². The monoisotopic (exact) mass is 391 g/mol. The number of rotatable bonds is 6. The molecular weight excluding hydrogens is 364 g/mol. The minimum absolute atomic E-state index is 0.0398. The van der Waals surface area contributed by atoms with Gasteiger partial charge in [0.25, 0.3) is 5.91 Å². The highest BCUT2D eigenvalue weighted by Gasteiger charge is 2.23. The van der Waals surface area contributed by atoms with Crippen LogP contribution in [0.15, 0.2) is 67.0 Å². The standard InChI is InChI=1S/C23H26N4O2/c1-18-3-5-19(6-4-18)22(17-26-13-15-29-16-14-26)25-23(28)20-7-9-21(10-8-20)27-12-2-11-24-27/h2-12,22H,13-17H2,1H3,(H,25,28)/p+1/t22-/m1/s1. The molecule has 3 aromatic rings. The second-order valence-electron chi connectivity index (χ2n) is 7.50. The van der Waals surface area contributed by atoms with Crippen LogP contribution in [0.1, 0.15) is 27.5 Å². The summed E-state index contributed by atoms with van der Waals surface area (Å²) in [6, 6.07) is 17.8. The van der Waals surface area contributed by atoms with Gasteiger partial charge in [0.1, 0.15) is 25.7 Å². The molecule has 2 aromatic carbocycles. The van der Waals surface area contributed by atoms with Crippen molar-refractivity contribution in [3.05, 3.63) is 83.7 Å². The molecule has 0 aliphatic carbocycles. The van der Waals surface area contributed by atoms with Crippen molar-refractivity contribution in [1.29, 1.82) is 0 Å². The van der Waals surface area contributed by atoms with E-state index >= 15 is 0 Å². The molecule has 1 aliphatic heterocycles. The van der Waals surface area contributed by atoms with Gasteiger partial charge in [-0.2, -0.15) is 5.10 Å². The smallest absolute Gasteiger partial charge is 0.251 e. The molecule has 2 heterocycles. The lowest BCUT2D eigenvalue weighted by atomic mass is 10.0. The first-order chi connectivity index (χ1) is 14.2. The lowest BCUT2D eigenvalue weighted by molar-refractivity contribution is -0.909. The molecule has 6 nitrogen and oxygen atoms in total. The molecular formula is C23H27N4O2+. The second kappa shape index (κ2) is 9.03. The summed E-state index contributed by atoms with van der Waals surface area (Å²) in [7, 11) is 0. The highest BCUT2D eigenvalue weighted by molar-refractivity contribution is 5.94. The quantitative estimate of drug-likeness (QED) is 0.671. The number of morpholine rings is 1. The van der Waals surface area contributed by atoms with E-state index in [4.69, 9.17) is 4.74 Å². The molecule has 1 aliphatic rings. The number of amides is 1. The normalized spacial score (nSPS) is 15.8. The number of carbonyl (C=O) groups is 1. The fourth-order valence-corrected chi connectivity index (χ4v) is 3.63. The van der Waals surface area contributed by atoms with Crippen molar-refractivity contribution < 1.29 is 14.4 Å². The molecule has 1 fully saturated rings. The van der Waals surface area contributed by atoms with E-state index in [1.807, 2.05) is 36.5 Å². The maximum Gasteiger partial charge on any atom is 0.251 e. The van der Waals surface area contributed by atoms with E-state index in [9.17, 15) is 4.79 Å². The lowest BCUT2D eigenvalue weighted by Crippen LogP contribution is -3.14. The summed E-state index contributed by atoms with van der Waals surface area (Å²) in [4.78, 5) is 14.4. The van der Waals surface area contributed by atoms with Crippen molar-refractivity contribution in [3.8, 4) is 5.69 Å². The third-order valence-corrected chi connectivity index (χ3v) is 5.38. The van der Waals surface area contributed by atoms with Gasteiger partial charge in [0, 0.05) is 18.0 Å². The van der Waals surface area contributed by atoms with Crippen LogP contribution >= 0.6 is 0 Å². The van der Waals surface area contributed by atoms with Gasteiger partial charge >= 0.3 is 0 Å². The van der Waals surface area contributed by atoms with Crippen LogP contribution in [-0.4, -0.2) is 48.5 Å². The zero-order valence-electron chi connectivity index (χ0n) is 16.7. The summed E-state index contributed by atoms with van der Waals surface area (Å²) >= 11 is 0. The van der Waals surface area contributed by atoms with Gasteiger partial charge in [0.05, 0.1) is 18.9 Å². The van der Waals surface area contributed by atoms with Gasteiger partial charge in [-0.25, -0.2) is 4.68 Å². The minimum atomic E-state index is -0.0600.